The molecule has 0 aromatic carbocycles. The Balaban J connectivity index is 1.65. The molecule has 14 heteroatoms. The zero-order valence-corrected chi connectivity index (χ0v) is 54.3. The first kappa shape index (κ1) is 79.5. The van der Waals surface area contributed by atoms with E-state index in [1.807, 2.05) is 6.08 Å². The number of hydrogen-bond acceptors (Lipinski definition) is 13. The van der Waals surface area contributed by atoms with Gasteiger partial charge in [-0.15, -0.1) is 0 Å². The zero-order valence-electron chi connectivity index (χ0n) is 54.3. The summed E-state index contributed by atoms with van der Waals surface area (Å²) in [5.41, 5.74) is 0. The van der Waals surface area contributed by atoms with E-state index in [0.29, 0.717) is 6.42 Å². The van der Waals surface area contributed by atoms with Crippen molar-refractivity contribution in [2.24, 2.45) is 0 Å². The number of aliphatic hydroxyl groups excluding tert-OH is 8. The third-order valence-electron chi connectivity index (χ3n) is 16.9. The first-order valence-electron chi connectivity index (χ1n) is 35.2. The molecule has 2 aliphatic heterocycles. The summed E-state index contributed by atoms with van der Waals surface area (Å²) in [5.74, 6) is -0.237. The molecule has 9 N–H and O–H groups in total. The van der Waals surface area contributed by atoms with Crippen molar-refractivity contribution in [2.75, 3.05) is 19.8 Å². The third kappa shape index (κ3) is 40.2. The standard InChI is InChI=1S/C72H129NO13/c1-3-5-7-9-11-13-15-17-19-21-23-24-25-26-27-28-29-30-31-32-33-34-35-36-38-40-42-44-46-48-50-52-54-56-64(77)73-60(61(76)55-53-51-49-47-45-43-41-39-37-22-20-18-16-14-12-10-8-6-4-2)59-83-71-69(82)67(80)70(63(58-75)85-71)86-72-68(81)66(79)65(78)62(57-74)84-72/h5,7,11,13,17,19,23-24,26-27,53,55,60-63,65-72,74-76,78-82H,3-4,6,8-10,12,14-16,18,20-22,25,28-52,54,56-59H2,1-2H3,(H,73,77)/b7-5-,13-11-,19-17-,24-23-,27-26-,55-53+. The molecular formula is C72H129NO13. The summed E-state index contributed by atoms with van der Waals surface area (Å²) < 4.78 is 22.9. The van der Waals surface area contributed by atoms with E-state index in [0.717, 1.165) is 70.6 Å². The minimum Gasteiger partial charge on any atom is -0.394 e. The predicted molar refractivity (Wildman–Crippen MR) is 350 cm³/mol. The maximum absolute atomic E-state index is 13.3. The molecule has 0 aliphatic carbocycles. The summed E-state index contributed by atoms with van der Waals surface area (Å²) in [6, 6.07) is -0.917. The molecule has 500 valence electrons. The van der Waals surface area contributed by atoms with Gasteiger partial charge in [0.05, 0.1) is 32.0 Å². The lowest BCUT2D eigenvalue weighted by molar-refractivity contribution is -0.359. The van der Waals surface area contributed by atoms with Gasteiger partial charge in [-0.3, -0.25) is 4.79 Å². The molecule has 0 radical (unpaired) electrons. The predicted octanol–water partition coefficient (Wildman–Crippen LogP) is 14.2. The minimum absolute atomic E-state index is 0.237. The monoisotopic (exact) mass is 1220 g/mol. The van der Waals surface area contributed by atoms with Crippen molar-refractivity contribution in [3.63, 3.8) is 0 Å². The van der Waals surface area contributed by atoms with Crippen LogP contribution in [0.5, 0.6) is 0 Å². The maximum atomic E-state index is 13.3. The van der Waals surface area contributed by atoms with Gasteiger partial charge in [0.2, 0.25) is 5.91 Å². The summed E-state index contributed by atoms with van der Waals surface area (Å²) in [7, 11) is 0. The van der Waals surface area contributed by atoms with Crippen molar-refractivity contribution in [3.8, 4) is 0 Å². The van der Waals surface area contributed by atoms with E-state index in [-0.39, 0.29) is 18.9 Å². The molecule has 14 nitrogen and oxygen atoms in total. The van der Waals surface area contributed by atoms with Gasteiger partial charge in [-0.2, -0.15) is 0 Å². The molecular weight excluding hydrogens is 1090 g/mol. The average molecular weight is 1220 g/mol. The summed E-state index contributed by atoms with van der Waals surface area (Å²) in [6.07, 6.45) is 59.5. The summed E-state index contributed by atoms with van der Waals surface area (Å²) in [4.78, 5) is 13.3. The van der Waals surface area contributed by atoms with E-state index >= 15 is 0 Å². The van der Waals surface area contributed by atoms with E-state index < -0.39 is 86.8 Å². The van der Waals surface area contributed by atoms with E-state index in [9.17, 15) is 45.6 Å². The number of unbranched alkanes of at least 4 members (excludes halogenated alkanes) is 34. The Labute approximate surface area is 523 Å². The van der Waals surface area contributed by atoms with Crippen LogP contribution in [-0.4, -0.2) is 140 Å². The van der Waals surface area contributed by atoms with Gasteiger partial charge in [0, 0.05) is 6.42 Å². The lowest BCUT2D eigenvalue weighted by atomic mass is 9.97. The third-order valence-corrected chi connectivity index (χ3v) is 16.9. The van der Waals surface area contributed by atoms with Gasteiger partial charge >= 0.3 is 0 Å². The smallest absolute Gasteiger partial charge is 0.220 e. The fraction of sp³-hybridized carbons (Fsp3) is 0.819. The van der Waals surface area contributed by atoms with Crippen LogP contribution in [0, 0.1) is 0 Å². The fourth-order valence-electron chi connectivity index (χ4n) is 11.3. The molecule has 0 aromatic rings. The van der Waals surface area contributed by atoms with Gasteiger partial charge in [0.25, 0.3) is 0 Å². The second-order valence-electron chi connectivity index (χ2n) is 24.6. The van der Waals surface area contributed by atoms with Crippen LogP contribution in [0.3, 0.4) is 0 Å². The van der Waals surface area contributed by atoms with Gasteiger partial charge in [-0.05, 0) is 64.2 Å². The van der Waals surface area contributed by atoms with Gasteiger partial charge in [0.15, 0.2) is 12.6 Å². The minimum atomic E-state index is -1.79. The fourth-order valence-corrected chi connectivity index (χ4v) is 11.3. The molecule has 2 aliphatic rings. The molecule has 2 fully saturated rings. The van der Waals surface area contributed by atoms with E-state index in [4.69, 9.17) is 18.9 Å². The van der Waals surface area contributed by atoms with Crippen LogP contribution in [0.4, 0.5) is 0 Å². The highest BCUT2D eigenvalue weighted by Crippen LogP contribution is 2.30. The Morgan fingerprint density at radius 1 is 0.430 bits per heavy atom. The topological polar surface area (TPSA) is 228 Å². The van der Waals surface area contributed by atoms with Crippen molar-refractivity contribution in [3.05, 3.63) is 72.9 Å². The van der Waals surface area contributed by atoms with E-state index in [2.05, 4.69) is 79.9 Å². The molecule has 2 rings (SSSR count). The van der Waals surface area contributed by atoms with Crippen molar-refractivity contribution in [2.45, 2.75) is 357 Å². The van der Waals surface area contributed by atoms with Crippen LogP contribution >= 0.6 is 0 Å². The first-order valence-corrected chi connectivity index (χ1v) is 35.2. The molecule has 12 atom stereocenters. The lowest BCUT2D eigenvalue weighted by Crippen LogP contribution is -2.65. The molecule has 0 bridgehead atoms. The van der Waals surface area contributed by atoms with Crippen molar-refractivity contribution >= 4 is 5.91 Å². The quantitative estimate of drug-likeness (QED) is 0.0204. The average Bonchev–Trinajstić information content (AvgIpc) is 2.63. The van der Waals surface area contributed by atoms with Crippen molar-refractivity contribution < 1.29 is 64.6 Å². The van der Waals surface area contributed by atoms with Crippen molar-refractivity contribution in [1.82, 2.24) is 5.32 Å². The van der Waals surface area contributed by atoms with E-state index in [1.54, 1.807) is 6.08 Å². The Kier molecular flexibility index (Phi) is 52.2. The Bertz CT molecular complexity index is 1720. The number of hydrogen-bond donors (Lipinski definition) is 9. The lowest BCUT2D eigenvalue weighted by Gasteiger charge is -2.46. The molecule has 0 saturated carbocycles. The number of aliphatic hydroxyl groups is 8. The summed E-state index contributed by atoms with van der Waals surface area (Å²) >= 11 is 0. The molecule has 86 heavy (non-hydrogen) atoms. The molecule has 0 spiro atoms. The first-order chi connectivity index (χ1) is 42.1. The number of amides is 1. The molecule has 12 unspecified atom stereocenters. The maximum Gasteiger partial charge on any atom is 0.220 e. The second kappa shape index (κ2) is 56.4. The van der Waals surface area contributed by atoms with Crippen LogP contribution in [0.2, 0.25) is 0 Å². The Morgan fingerprint density at radius 3 is 1.23 bits per heavy atom. The number of carbonyl (C=O) groups excluding carboxylic acids is 1. The van der Waals surface area contributed by atoms with Gasteiger partial charge < -0.3 is 65.1 Å². The molecule has 1 amide bonds. The van der Waals surface area contributed by atoms with Crippen LogP contribution in [-0.2, 0) is 23.7 Å². The number of ether oxygens (including phenoxy) is 4. The van der Waals surface area contributed by atoms with E-state index in [1.165, 1.54) is 186 Å². The summed E-state index contributed by atoms with van der Waals surface area (Å²) in [6.45, 7) is 2.71. The van der Waals surface area contributed by atoms with Crippen LogP contribution in [0.1, 0.15) is 284 Å². The summed E-state index contributed by atoms with van der Waals surface area (Å²) in [5, 5.41) is 87.4. The number of carbonyl (C=O) groups is 1. The van der Waals surface area contributed by atoms with Gasteiger partial charge in [-0.1, -0.05) is 286 Å². The van der Waals surface area contributed by atoms with Crippen molar-refractivity contribution in [1.29, 1.82) is 0 Å². The van der Waals surface area contributed by atoms with Crippen LogP contribution in [0.25, 0.3) is 0 Å². The zero-order chi connectivity index (χ0) is 62.3. The largest absolute Gasteiger partial charge is 0.394 e. The highest BCUT2D eigenvalue weighted by atomic mass is 16.7. The van der Waals surface area contributed by atoms with Gasteiger partial charge in [0.1, 0.15) is 48.8 Å². The second-order valence-corrected chi connectivity index (χ2v) is 24.6. The van der Waals surface area contributed by atoms with Crippen LogP contribution in [0.15, 0.2) is 72.9 Å². The Morgan fingerprint density at radius 2 is 0.802 bits per heavy atom. The Hall–Kier alpha value is -2.57. The highest BCUT2D eigenvalue weighted by molar-refractivity contribution is 5.76. The molecule has 2 heterocycles. The highest BCUT2D eigenvalue weighted by Gasteiger charge is 2.51. The van der Waals surface area contributed by atoms with Crippen LogP contribution < -0.4 is 5.32 Å². The number of nitrogens with one attached hydrogen (secondary N) is 1. The normalized spacial score (nSPS) is 23.8. The van der Waals surface area contributed by atoms with Gasteiger partial charge in [-0.25, -0.2) is 0 Å². The molecule has 2 saturated heterocycles. The SMILES string of the molecule is CC/C=C\C/C=C\C/C=C\C/C=C\C/C=C\CCCCCCCCCCCCCCCCCCCC(=O)NC(COC1OC(CO)C(OC2OC(CO)C(O)C(O)C2O)C(O)C1O)C(O)/C=C/CCCCCCCCCCCCCCCCCCC. The number of rotatable bonds is 57. The number of allylic oxidation sites excluding steroid dienone is 11. The molecule has 0 aromatic heterocycles.